The van der Waals surface area contributed by atoms with E-state index in [4.69, 9.17) is 0 Å². The smallest absolute Gasteiger partial charge is 0.251 e. The van der Waals surface area contributed by atoms with E-state index in [0.29, 0.717) is 18.5 Å². The third-order valence-electron chi connectivity index (χ3n) is 4.46. The maximum atomic E-state index is 12.3. The predicted molar refractivity (Wildman–Crippen MR) is 84.5 cm³/mol. The lowest BCUT2D eigenvalue weighted by Crippen LogP contribution is -2.41. The van der Waals surface area contributed by atoms with E-state index in [-0.39, 0.29) is 5.91 Å². The van der Waals surface area contributed by atoms with Gasteiger partial charge < -0.3 is 5.32 Å². The Labute approximate surface area is 130 Å². The van der Waals surface area contributed by atoms with Gasteiger partial charge in [0.25, 0.3) is 5.91 Å². The van der Waals surface area contributed by atoms with Crippen LogP contribution in [0.15, 0.2) is 36.9 Å². The molecule has 2 aromatic rings. The molecule has 1 aromatic heterocycles. The molecule has 1 aromatic carbocycles. The number of rotatable bonds is 4. The van der Waals surface area contributed by atoms with Crippen LogP contribution in [0.2, 0.25) is 0 Å². The zero-order valence-electron chi connectivity index (χ0n) is 12.9. The summed E-state index contributed by atoms with van der Waals surface area (Å²) in [7, 11) is 0. The van der Waals surface area contributed by atoms with E-state index in [9.17, 15) is 4.79 Å². The molecule has 5 heteroatoms. The Morgan fingerprint density at radius 3 is 2.73 bits per heavy atom. The van der Waals surface area contributed by atoms with Gasteiger partial charge in [0.15, 0.2) is 0 Å². The van der Waals surface area contributed by atoms with Gasteiger partial charge in [0.1, 0.15) is 12.7 Å². The van der Waals surface area contributed by atoms with E-state index in [2.05, 4.69) is 22.3 Å². The van der Waals surface area contributed by atoms with E-state index in [1.165, 1.54) is 25.6 Å². The summed E-state index contributed by atoms with van der Waals surface area (Å²) >= 11 is 0. The van der Waals surface area contributed by atoms with Gasteiger partial charge in [-0.05, 0) is 36.5 Å². The van der Waals surface area contributed by atoms with Crippen LogP contribution in [0.25, 0.3) is 0 Å². The van der Waals surface area contributed by atoms with Gasteiger partial charge in [-0.3, -0.25) is 4.79 Å². The van der Waals surface area contributed by atoms with Crippen LogP contribution in [0.1, 0.15) is 48.5 Å². The lowest BCUT2D eigenvalue weighted by atomic mass is 9.86. The number of aromatic nitrogens is 3. The van der Waals surface area contributed by atoms with Crippen molar-refractivity contribution in [2.24, 2.45) is 5.92 Å². The van der Waals surface area contributed by atoms with Crippen LogP contribution in [0.3, 0.4) is 0 Å². The van der Waals surface area contributed by atoms with Crippen molar-refractivity contribution in [1.29, 1.82) is 0 Å². The first-order valence-electron chi connectivity index (χ1n) is 7.94. The minimum absolute atomic E-state index is 0.0334. The van der Waals surface area contributed by atoms with Crippen LogP contribution in [0, 0.1) is 5.92 Å². The van der Waals surface area contributed by atoms with Crippen molar-refractivity contribution in [3.05, 3.63) is 48.0 Å². The highest BCUT2D eigenvalue weighted by Gasteiger charge is 2.23. The number of carbonyl (C=O) groups excluding carboxylic acids is 1. The molecule has 1 heterocycles. The molecule has 1 aliphatic carbocycles. The molecule has 0 saturated heterocycles. The molecule has 0 radical (unpaired) electrons. The maximum Gasteiger partial charge on any atom is 0.251 e. The first kappa shape index (κ1) is 14.8. The highest BCUT2D eigenvalue weighted by molar-refractivity contribution is 5.94. The van der Waals surface area contributed by atoms with Gasteiger partial charge in [-0.2, -0.15) is 5.10 Å². The van der Waals surface area contributed by atoms with Crippen LogP contribution < -0.4 is 5.32 Å². The Bertz CT molecular complexity index is 606. The van der Waals surface area contributed by atoms with Crippen molar-refractivity contribution >= 4 is 5.91 Å². The SMILES string of the molecule is CC1CCCCC1NC(=O)c1ccc(Cn2cncn2)cc1. The fourth-order valence-corrected chi connectivity index (χ4v) is 3.05. The summed E-state index contributed by atoms with van der Waals surface area (Å²) in [4.78, 5) is 16.3. The Morgan fingerprint density at radius 1 is 1.27 bits per heavy atom. The van der Waals surface area contributed by atoms with Crippen LogP contribution >= 0.6 is 0 Å². The Kier molecular flexibility index (Phi) is 4.51. The van der Waals surface area contributed by atoms with E-state index in [0.717, 1.165) is 17.5 Å². The summed E-state index contributed by atoms with van der Waals surface area (Å²) in [6.45, 7) is 2.90. The zero-order chi connectivity index (χ0) is 15.4. The van der Waals surface area contributed by atoms with Crippen LogP contribution in [-0.4, -0.2) is 26.7 Å². The first-order valence-corrected chi connectivity index (χ1v) is 7.94. The van der Waals surface area contributed by atoms with Gasteiger partial charge in [-0.1, -0.05) is 31.9 Å². The van der Waals surface area contributed by atoms with Gasteiger partial charge in [-0.15, -0.1) is 0 Å². The van der Waals surface area contributed by atoms with Crippen molar-refractivity contribution in [2.75, 3.05) is 0 Å². The maximum absolute atomic E-state index is 12.3. The third-order valence-corrected chi connectivity index (χ3v) is 4.46. The fourth-order valence-electron chi connectivity index (χ4n) is 3.05. The molecule has 22 heavy (non-hydrogen) atoms. The topological polar surface area (TPSA) is 59.8 Å². The van der Waals surface area contributed by atoms with Crippen molar-refractivity contribution < 1.29 is 4.79 Å². The standard InChI is InChI=1S/C17H22N4O/c1-13-4-2-3-5-16(13)20-17(22)15-8-6-14(7-9-15)10-21-12-18-11-19-21/h6-9,11-13,16H,2-5,10H2,1H3,(H,20,22). The average molecular weight is 298 g/mol. The number of amides is 1. The number of hydrogen-bond acceptors (Lipinski definition) is 3. The number of carbonyl (C=O) groups is 1. The highest BCUT2D eigenvalue weighted by atomic mass is 16.1. The van der Waals surface area contributed by atoms with Gasteiger partial charge in [0.05, 0.1) is 6.54 Å². The van der Waals surface area contributed by atoms with Crippen LogP contribution in [0.5, 0.6) is 0 Å². The molecule has 1 fully saturated rings. The quantitative estimate of drug-likeness (QED) is 0.944. The summed E-state index contributed by atoms with van der Waals surface area (Å²) < 4.78 is 1.76. The van der Waals surface area contributed by atoms with Crippen molar-refractivity contribution in [3.63, 3.8) is 0 Å². The molecule has 3 rings (SSSR count). The largest absolute Gasteiger partial charge is 0.349 e. The molecule has 1 saturated carbocycles. The second-order valence-corrected chi connectivity index (χ2v) is 6.13. The summed E-state index contributed by atoms with van der Waals surface area (Å²) in [6.07, 6.45) is 8.01. The normalized spacial score (nSPS) is 21.5. The number of nitrogens with one attached hydrogen (secondary N) is 1. The molecule has 0 spiro atoms. The monoisotopic (exact) mass is 298 g/mol. The minimum Gasteiger partial charge on any atom is -0.349 e. The molecular formula is C17H22N4O. The molecule has 1 N–H and O–H groups in total. The van der Waals surface area contributed by atoms with E-state index < -0.39 is 0 Å². The minimum atomic E-state index is 0.0334. The lowest BCUT2D eigenvalue weighted by Gasteiger charge is -2.29. The molecule has 2 atom stereocenters. The molecule has 1 amide bonds. The fraction of sp³-hybridized carbons (Fsp3) is 0.471. The summed E-state index contributed by atoms with van der Waals surface area (Å²) in [6, 6.07) is 8.03. The van der Waals surface area contributed by atoms with Gasteiger partial charge >= 0.3 is 0 Å². The molecule has 5 nitrogen and oxygen atoms in total. The third kappa shape index (κ3) is 3.53. The van der Waals surface area contributed by atoms with E-state index >= 15 is 0 Å². The van der Waals surface area contributed by atoms with Crippen molar-refractivity contribution in [2.45, 2.75) is 45.2 Å². The summed E-state index contributed by atoms with van der Waals surface area (Å²) in [5.41, 5.74) is 1.83. The Morgan fingerprint density at radius 2 is 2.05 bits per heavy atom. The average Bonchev–Trinajstić information content (AvgIpc) is 3.03. The number of benzene rings is 1. The Balaban J connectivity index is 1.60. The number of hydrogen-bond donors (Lipinski definition) is 1. The van der Waals surface area contributed by atoms with Crippen molar-refractivity contribution in [3.8, 4) is 0 Å². The van der Waals surface area contributed by atoms with Crippen molar-refractivity contribution in [1.82, 2.24) is 20.1 Å². The summed E-state index contributed by atoms with van der Waals surface area (Å²) in [5, 5.41) is 7.26. The summed E-state index contributed by atoms with van der Waals surface area (Å²) in [5.74, 6) is 0.607. The van der Waals surface area contributed by atoms with E-state index in [1.54, 1.807) is 11.0 Å². The zero-order valence-corrected chi connectivity index (χ0v) is 12.9. The molecular weight excluding hydrogens is 276 g/mol. The molecule has 1 aliphatic rings. The predicted octanol–water partition coefficient (Wildman–Crippen LogP) is 2.63. The lowest BCUT2D eigenvalue weighted by molar-refractivity contribution is 0.0910. The highest BCUT2D eigenvalue weighted by Crippen LogP contribution is 2.24. The van der Waals surface area contributed by atoms with Gasteiger partial charge in [0.2, 0.25) is 0 Å². The van der Waals surface area contributed by atoms with Crippen LogP contribution in [-0.2, 0) is 6.54 Å². The van der Waals surface area contributed by atoms with Crippen LogP contribution in [0.4, 0.5) is 0 Å². The van der Waals surface area contributed by atoms with E-state index in [1.807, 2.05) is 24.3 Å². The second-order valence-electron chi connectivity index (χ2n) is 6.13. The van der Waals surface area contributed by atoms with Gasteiger partial charge in [0, 0.05) is 11.6 Å². The Hall–Kier alpha value is -2.17. The number of nitrogens with zero attached hydrogens (tertiary/aromatic N) is 3. The molecule has 0 bridgehead atoms. The first-order chi connectivity index (χ1) is 10.7. The second kappa shape index (κ2) is 6.73. The van der Waals surface area contributed by atoms with Gasteiger partial charge in [-0.25, -0.2) is 9.67 Å². The molecule has 2 unspecified atom stereocenters. The molecule has 0 aliphatic heterocycles. The molecule has 116 valence electrons.